The quantitative estimate of drug-likeness (QED) is 0.805. The Hall–Kier alpha value is -2.57. The number of rotatable bonds is 3. The number of anilines is 2. The maximum atomic E-state index is 12.7. The number of benzene rings is 2. The van der Waals surface area contributed by atoms with Gasteiger partial charge in [0.15, 0.2) is 0 Å². The number of para-hydroxylation sites is 1. The number of carbonyl (C=O) groups is 3. The Labute approximate surface area is 153 Å². The first-order chi connectivity index (χ1) is 12.0. The number of amides is 4. The summed E-state index contributed by atoms with van der Waals surface area (Å²) in [5, 5.41) is 5.83. The van der Waals surface area contributed by atoms with Crippen molar-refractivity contribution in [2.45, 2.75) is 0 Å². The van der Waals surface area contributed by atoms with Gasteiger partial charge in [0.1, 0.15) is 5.92 Å². The highest BCUT2D eigenvalue weighted by Crippen LogP contribution is 2.27. The van der Waals surface area contributed by atoms with Crippen molar-refractivity contribution in [3.63, 3.8) is 0 Å². The van der Waals surface area contributed by atoms with Gasteiger partial charge < -0.3 is 10.6 Å². The molecule has 3 rings (SSSR count). The summed E-state index contributed by atoms with van der Waals surface area (Å²) in [6, 6.07) is 12.4. The van der Waals surface area contributed by atoms with Crippen molar-refractivity contribution in [1.29, 1.82) is 0 Å². The van der Waals surface area contributed by atoms with Gasteiger partial charge in [-0.15, -0.1) is 0 Å². The molecule has 2 N–H and O–H groups in total. The lowest BCUT2D eigenvalue weighted by Crippen LogP contribution is -2.58. The number of urea groups is 1. The van der Waals surface area contributed by atoms with E-state index >= 15 is 0 Å². The van der Waals surface area contributed by atoms with Crippen LogP contribution in [0.2, 0.25) is 10.0 Å². The highest BCUT2D eigenvalue weighted by molar-refractivity contribution is 6.36. The first kappa shape index (κ1) is 17.3. The Bertz CT molecular complexity index is 842. The number of nitrogens with one attached hydrogen (secondary N) is 2. The molecule has 1 aliphatic rings. The summed E-state index contributed by atoms with van der Waals surface area (Å²) in [5.74, 6) is -2.26. The molecule has 2 aromatic carbocycles. The predicted molar refractivity (Wildman–Crippen MR) is 95.9 cm³/mol. The van der Waals surface area contributed by atoms with E-state index in [1.165, 1.54) is 6.07 Å². The highest BCUT2D eigenvalue weighted by Gasteiger charge is 2.39. The summed E-state index contributed by atoms with van der Waals surface area (Å²) in [7, 11) is 0. The summed E-state index contributed by atoms with van der Waals surface area (Å²) in [6.07, 6.45) is 0. The Balaban J connectivity index is 1.82. The van der Waals surface area contributed by atoms with Crippen LogP contribution in [0.1, 0.15) is 0 Å². The number of halogens is 2. The second kappa shape index (κ2) is 7.13. The zero-order chi connectivity index (χ0) is 18.0. The van der Waals surface area contributed by atoms with Crippen LogP contribution >= 0.6 is 23.2 Å². The van der Waals surface area contributed by atoms with E-state index in [0.717, 1.165) is 4.90 Å². The molecule has 1 heterocycles. The molecule has 1 saturated heterocycles. The van der Waals surface area contributed by atoms with Crippen LogP contribution in [0, 0.1) is 5.92 Å². The number of hydrogen-bond donors (Lipinski definition) is 2. The molecule has 0 radical (unpaired) electrons. The van der Waals surface area contributed by atoms with Crippen LogP contribution in [-0.4, -0.2) is 24.4 Å². The third kappa shape index (κ3) is 3.60. The van der Waals surface area contributed by atoms with Crippen molar-refractivity contribution in [2.75, 3.05) is 16.8 Å². The second-order valence-corrected chi connectivity index (χ2v) is 6.20. The van der Waals surface area contributed by atoms with Crippen LogP contribution in [0.15, 0.2) is 48.5 Å². The average molecular weight is 378 g/mol. The van der Waals surface area contributed by atoms with Gasteiger partial charge in [0.25, 0.3) is 0 Å². The van der Waals surface area contributed by atoms with Gasteiger partial charge in [0, 0.05) is 11.6 Å². The van der Waals surface area contributed by atoms with Crippen LogP contribution in [0.3, 0.4) is 0 Å². The van der Waals surface area contributed by atoms with Crippen molar-refractivity contribution in [3.05, 3.63) is 58.6 Å². The van der Waals surface area contributed by atoms with Crippen LogP contribution in [0.25, 0.3) is 0 Å². The molecule has 1 unspecified atom stereocenters. The fourth-order valence-electron chi connectivity index (χ4n) is 2.45. The number of imide groups is 1. The second-order valence-electron chi connectivity index (χ2n) is 5.36. The molecule has 0 aromatic heterocycles. The van der Waals surface area contributed by atoms with E-state index in [0.29, 0.717) is 21.4 Å². The Morgan fingerprint density at radius 3 is 2.56 bits per heavy atom. The average Bonchev–Trinajstić information content (AvgIpc) is 2.59. The molecule has 0 bridgehead atoms. The molecule has 4 amide bonds. The van der Waals surface area contributed by atoms with Crippen LogP contribution in [0.4, 0.5) is 16.2 Å². The minimum Gasteiger partial charge on any atom is -0.336 e. The predicted octanol–water partition coefficient (Wildman–Crippen LogP) is 3.30. The Morgan fingerprint density at radius 1 is 1.12 bits per heavy atom. The zero-order valence-corrected chi connectivity index (χ0v) is 14.3. The summed E-state index contributed by atoms with van der Waals surface area (Å²) < 4.78 is 0. The molecule has 0 spiro atoms. The van der Waals surface area contributed by atoms with E-state index in [-0.39, 0.29) is 6.54 Å². The Kier molecular flexibility index (Phi) is 4.92. The van der Waals surface area contributed by atoms with E-state index in [1.807, 2.05) is 0 Å². The van der Waals surface area contributed by atoms with Gasteiger partial charge >= 0.3 is 6.03 Å². The zero-order valence-electron chi connectivity index (χ0n) is 12.8. The van der Waals surface area contributed by atoms with Crippen molar-refractivity contribution in [1.82, 2.24) is 5.32 Å². The molecule has 0 saturated carbocycles. The SMILES string of the molecule is O=C(Nc1cc(Cl)ccc1Cl)C1CNC(=O)N(c2ccccc2)C1=O. The van der Waals surface area contributed by atoms with Gasteiger partial charge in [0.2, 0.25) is 11.8 Å². The van der Waals surface area contributed by atoms with Crippen molar-refractivity contribution in [3.8, 4) is 0 Å². The Morgan fingerprint density at radius 2 is 1.84 bits per heavy atom. The normalized spacial score (nSPS) is 17.2. The van der Waals surface area contributed by atoms with Crippen molar-refractivity contribution >= 4 is 52.4 Å². The number of nitrogens with zero attached hydrogens (tertiary/aromatic N) is 1. The molecular formula is C17H13Cl2N3O3. The molecular weight excluding hydrogens is 365 g/mol. The molecule has 1 aliphatic heterocycles. The topological polar surface area (TPSA) is 78.5 Å². The molecule has 0 aliphatic carbocycles. The van der Waals surface area contributed by atoms with Gasteiger partial charge in [-0.25, -0.2) is 9.69 Å². The third-order valence-electron chi connectivity index (χ3n) is 3.70. The maximum absolute atomic E-state index is 12.7. The molecule has 1 atom stereocenters. The van der Waals surface area contributed by atoms with E-state index in [2.05, 4.69) is 10.6 Å². The molecule has 1 fully saturated rings. The summed E-state index contributed by atoms with van der Waals surface area (Å²) in [4.78, 5) is 38.2. The summed E-state index contributed by atoms with van der Waals surface area (Å²) in [6.45, 7) is -0.0922. The lowest BCUT2D eigenvalue weighted by molar-refractivity contribution is -0.130. The lowest BCUT2D eigenvalue weighted by Gasteiger charge is -2.30. The van der Waals surface area contributed by atoms with E-state index in [9.17, 15) is 14.4 Å². The van der Waals surface area contributed by atoms with Gasteiger partial charge in [0.05, 0.1) is 16.4 Å². The van der Waals surface area contributed by atoms with E-state index in [1.54, 1.807) is 42.5 Å². The lowest BCUT2D eigenvalue weighted by atomic mass is 10.0. The number of hydrogen-bond acceptors (Lipinski definition) is 3. The molecule has 6 nitrogen and oxygen atoms in total. The highest BCUT2D eigenvalue weighted by atomic mass is 35.5. The van der Waals surface area contributed by atoms with Crippen LogP contribution < -0.4 is 15.5 Å². The third-order valence-corrected chi connectivity index (χ3v) is 4.26. The van der Waals surface area contributed by atoms with Crippen LogP contribution in [0.5, 0.6) is 0 Å². The van der Waals surface area contributed by atoms with E-state index in [4.69, 9.17) is 23.2 Å². The van der Waals surface area contributed by atoms with E-state index < -0.39 is 23.8 Å². The van der Waals surface area contributed by atoms with Gasteiger partial charge in [-0.1, -0.05) is 41.4 Å². The largest absolute Gasteiger partial charge is 0.336 e. The molecule has 2 aromatic rings. The van der Waals surface area contributed by atoms with Crippen LogP contribution in [-0.2, 0) is 9.59 Å². The smallest absolute Gasteiger partial charge is 0.328 e. The van der Waals surface area contributed by atoms with Crippen molar-refractivity contribution in [2.24, 2.45) is 5.92 Å². The fraction of sp³-hybridized carbons (Fsp3) is 0.118. The molecule has 8 heteroatoms. The standard InChI is InChI=1S/C17H13Cl2N3O3/c18-10-6-7-13(19)14(8-10)21-15(23)12-9-20-17(25)22(16(12)24)11-4-2-1-3-5-11/h1-8,12H,9H2,(H,20,25)(H,21,23). The molecule has 128 valence electrons. The fourth-order valence-corrected chi connectivity index (χ4v) is 2.79. The minimum atomic E-state index is -1.08. The monoisotopic (exact) mass is 377 g/mol. The van der Waals surface area contributed by atoms with Gasteiger partial charge in [-0.3, -0.25) is 9.59 Å². The maximum Gasteiger partial charge on any atom is 0.328 e. The van der Waals surface area contributed by atoms with Gasteiger partial charge in [-0.05, 0) is 30.3 Å². The first-order valence-corrected chi connectivity index (χ1v) is 8.15. The summed E-state index contributed by atoms with van der Waals surface area (Å²) >= 11 is 11.9. The number of carbonyl (C=O) groups excluding carboxylic acids is 3. The minimum absolute atomic E-state index is 0.0922. The van der Waals surface area contributed by atoms with Crippen molar-refractivity contribution < 1.29 is 14.4 Å². The summed E-state index contributed by atoms with van der Waals surface area (Å²) in [5.41, 5.74) is 0.693. The molecule has 25 heavy (non-hydrogen) atoms. The van der Waals surface area contributed by atoms with Gasteiger partial charge in [-0.2, -0.15) is 0 Å². The first-order valence-electron chi connectivity index (χ1n) is 7.40.